The summed E-state index contributed by atoms with van der Waals surface area (Å²) < 4.78 is 6.32. The highest BCUT2D eigenvalue weighted by Crippen LogP contribution is 2.31. The molecule has 0 unspecified atom stereocenters. The number of benzene rings is 1. The lowest BCUT2D eigenvalue weighted by molar-refractivity contribution is -0.122. The van der Waals surface area contributed by atoms with Crippen LogP contribution in [0.1, 0.15) is 11.3 Å². The van der Waals surface area contributed by atoms with Gasteiger partial charge in [0.25, 0.3) is 11.8 Å². The smallest absolute Gasteiger partial charge is 0.335 e. The van der Waals surface area contributed by atoms with Gasteiger partial charge in [-0.15, -0.1) is 0 Å². The van der Waals surface area contributed by atoms with E-state index >= 15 is 0 Å². The Labute approximate surface area is 158 Å². The fourth-order valence-corrected chi connectivity index (χ4v) is 3.25. The van der Waals surface area contributed by atoms with Crippen LogP contribution in [0, 0.1) is 6.92 Å². The van der Waals surface area contributed by atoms with Gasteiger partial charge in [0.15, 0.2) is 0 Å². The molecular weight excluding hydrogens is 402 g/mol. The standard InChI is InChI=1S/C18H16BrN3O4/c1-10-6-4-5-7-14(10)22-16(24)12(15(23)20-18(22)25)8-11-9-13(19)17(26-11)21(2)3/h4-9H,1-3H3,(H,20,23,25)/b12-8-. The zero-order valence-electron chi connectivity index (χ0n) is 14.4. The Morgan fingerprint density at radius 2 is 1.88 bits per heavy atom. The third-order valence-corrected chi connectivity index (χ3v) is 4.41. The van der Waals surface area contributed by atoms with E-state index in [2.05, 4.69) is 21.2 Å². The topological polar surface area (TPSA) is 82.9 Å². The number of nitrogens with zero attached hydrogens (tertiary/aromatic N) is 2. The summed E-state index contributed by atoms with van der Waals surface area (Å²) in [5.41, 5.74) is 0.975. The second kappa shape index (κ2) is 6.80. The summed E-state index contributed by atoms with van der Waals surface area (Å²) in [5.74, 6) is -0.596. The molecule has 1 saturated heterocycles. The van der Waals surface area contributed by atoms with Gasteiger partial charge < -0.3 is 9.32 Å². The number of hydrogen-bond donors (Lipinski definition) is 1. The zero-order valence-corrected chi connectivity index (χ0v) is 16.0. The maximum absolute atomic E-state index is 12.8. The number of furan rings is 1. The molecule has 134 valence electrons. The zero-order chi connectivity index (χ0) is 19.0. The second-order valence-corrected chi connectivity index (χ2v) is 6.79. The van der Waals surface area contributed by atoms with Crippen LogP contribution >= 0.6 is 15.9 Å². The summed E-state index contributed by atoms with van der Waals surface area (Å²) in [5, 5.41) is 2.20. The molecule has 0 saturated carbocycles. The lowest BCUT2D eigenvalue weighted by Crippen LogP contribution is -2.54. The number of anilines is 2. The highest BCUT2D eigenvalue weighted by Gasteiger charge is 2.37. The average molecular weight is 418 g/mol. The van der Waals surface area contributed by atoms with Gasteiger partial charge in [0.1, 0.15) is 11.3 Å². The molecule has 8 heteroatoms. The number of urea groups is 1. The molecule has 26 heavy (non-hydrogen) atoms. The van der Waals surface area contributed by atoms with Crippen LogP contribution < -0.4 is 15.1 Å². The first-order chi connectivity index (χ1) is 12.3. The van der Waals surface area contributed by atoms with E-state index < -0.39 is 17.8 Å². The number of carbonyl (C=O) groups is 3. The molecule has 2 aromatic rings. The van der Waals surface area contributed by atoms with Crippen molar-refractivity contribution < 1.29 is 18.8 Å². The number of rotatable bonds is 3. The van der Waals surface area contributed by atoms with Gasteiger partial charge in [-0.3, -0.25) is 14.9 Å². The molecule has 3 rings (SSSR count). The molecule has 0 radical (unpaired) electrons. The van der Waals surface area contributed by atoms with E-state index in [-0.39, 0.29) is 5.57 Å². The highest BCUT2D eigenvalue weighted by atomic mass is 79.9. The largest absolute Gasteiger partial charge is 0.440 e. The van der Waals surface area contributed by atoms with Gasteiger partial charge in [-0.1, -0.05) is 18.2 Å². The second-order valence-electron chi connectivity index (χ2n) is 5.94. The molecule has 0 bridgehead atoms. The van der Waals surface area contributed by atoms with Crippen molar-refractivity contribution in [3.05, 3.63) is 51.7 Å². The number of halogens is 1. The first-order valence-electron chi connectivity index (χ1n) is 7.73. The van der Waals surface area contributed by atoms with Gasteiger partial charge in [-0.25, -0.2) is 9.69 Å². The third kappa shape index (κ3) is 3.15. The number of hydrogen-bond acceptors (Lipinski definition) is 5. The number of imide groups is 2. The van der Waals surface area contributed by atoms with Crippen LogP contribution in [0.25, 0.3) is 6.08 Å². The van der Waals surface area contributed by atoms with Crippen molar-refractivity contribution in [3.8, 4) is 0 Å². The first-order valence-corrected chi connectivity index (χ1v) is 8.52. The Morgan fingerprint density at radius 3 is 2.50 bits per heavy atom. The minimum Gasteiger partial charge on any atom is -0.440 e. The third-order valence-electron chi connectivity index (χ3n) is 3.84. The number of carbonyl (C=O) groups excluding carboxylic acids is 3. The van der Waals surface area contributed by atoms with Crippen molar-refractivity contribution in [1.29, 1.82) is 0 Å². The van der Waals surface area contributed by atoms with E-state index in [1.165, 1.54) is 6.08 Å². The molecule has 2 heterocycles. The van der Waals surface area contributed by atoms with Gasteiger partial charge in [-0.2, -0.15) is 0 Å². The summed E-state index contributed by atoms with van der Waals surface area (Å²) in [6.07, 6.45) is 1.33. The van der Waals surface area contributed by atoms with Gasteiger partial charge in [0.2, 0.25) is 5.88 Å². The predicted octanol–water partition coefficient (Wildman–Crippen LogP) is 3.08. The van der Waals surface area contributed by atoms with E-state index in [0.29, 0.717) is 21.8 Å². The summed E-state index contributed by atoms with van der Waals surface area (Å²) >= 11 is 3.37. The summed E-state index contributed by atoms with van der Waals surface area (Å²) in [6.45, 7) is 1.78. The SMILES string of the molecule is Cc1ccccc1N1C(=O)NC(=O)/C(=C/c2cc(Br)c(N(C)C)o2)C1=O. The predicted molar refractivity (Wildman–Crippen MR) is 101 cm³/mol. The van der Waals surface area contributed by atoms with Crippen LogP contribution in [0.2, 0.25) is 0 Å². The molecule has 1 N–H and O–H groups in total. The van der Waals surface area contributed by atoms with Crippen molar-refractivity contribution in [3.63, 3.8) is 0 Å². The number of nitrogens with one attached hydrogen (secondary N) is 1. The molecule has 7 nitrogen and oxygen atoms in total. The molecule has 1 aliphatic heterocycles. The monoisotopic (exact) mass is 417 g/mol. The summed E-state index contributed by atoms with van der Waals surface area (Å²) in [6, 6.07) is 7.82. The number of barbiturate groups is 1. The minimum absolute atomic E-state index is 0.181. The van der Waals surface area contributed by atoms with Gasteiger partial charge >= 0.3 is 6.03 Å². The van der Waals surface area contributed by atoms with Crippen LogP contribution in [-0.4, -0.2) is 31.9 Å². The molecular formula is C18H16BrN3O4. The van der Waals surface area contributed by atoms with E-state index in [0.717, 1.165) is 10.5 Å². The van der Waals surface area contributed by atoms with Crippen molar-refractivity contribution in [2.45, 2.75) is 6.92 Å². The Morgan fingerprint density at radius 1 is 1.19 bits per heavy atom. The molecule has 0 aliphatic carbocycles. The number of aryl methyl sites for hydroxylation is 1. The minimum atomic E-state index is -0.777. The maximum Gasteiger partial charge on any atom is 0.335 e. The van der Waals surface area contributed by atoms with Gasteiger partial charge in [-0.05, 0) is 40.6 Å². The average Bonchev–Trinajstić information content (AvgIpc) is 2.94. The van der Waals surface area contributed by atoms with Crippen molar-refractivity contribution in [2.75, 3.05) is 23.9 Å². The molecule has 1 fully saturated rings. The molecule has 1 aromatic heterocycles. The lowest BCUT2D eigenvalue weighted by Gasteiger charge is -2.27. The highest BCUT2D eigenvalue weighted by molar-refractivity contribution is 9.10. The summed E-state index contributed by atoms with van der Waals surface area (Å²) in [7, 11) is 3.61. The van der Waals surface area contributed by atoms with Crippen LogP contribution in [0.3, 0.4) is 0 Å². The van der Waals surface area contributed by atoms with Crippen LogP contribution in [0.5, 0.6) is 0 Å². The van der Waals surface area contributed by atoms with Crippen molar-refractivity contribution in [2.24, 2.45) is 0 Å². The van der Waals surface area contributed by atoms with Gasteiger partial charge in [0, 0.05) is 20.2 Å². The number of para-hydroxylation sites is 1. The maximum atomic E-state index is 12.8. The fourth-order valence-electron chi connectivity index (χ4n) is 2.59. The Kier molecular flexibility index (Phi) is 4.69. The Balaban J connectivity index is 2.03. The quantitative estimate of drug-likeness (QED) is 0.612. The molecule has 0 atom stereocenters. The molecule has 1 aliphatic rings. The van der Waals surface area contributed by atoms with E-state index in [4.69, 9.17) is 4.42 Å². The van der Waals surface area contributed by atoms with Crippen LogP contribution in [-0.2, 0) is 9.59 Å². The van der Waals surface area contributed by atoms with E-state index in [1.54, 1.807) is 56.3 Å². The Bertz CT molecular complexity index is 946. The lowest BCUT2D eigenvalue weighted by atomic mass is 10.1. The molecule has 0 spiro atoms. The van der Waals surface area contributed by atoms with Crippen LogP contribution in [0.4, 0.5) is 16.4 Å². The number of amides is 4. The first kappa shape index (κ1) is 17.9. The molecule has 1 aromatic carbocycles. The van der Waals surface area contributed by atoms with E-state index in [1.807, 2.05) is 0 Å². The fraction of sp³-hybridized carbons (Fsp3) is 0.167. The Hall–Kier alpha value is -2.87. The molecule has 4 amide bonds. The normalized spacial score (nSPS) is 16.2. The summed E-state index contributed by atoms with van der Waals surface area (Å²) in [4.78, 5) is 40.0. The van der Waals surface area contributed by atoms with E-state index in [9.17, 15) is 14.4 Å². The van der Waals surface area contributed by atoms with Crippen LogP contribution in [0.15, 0.2) is 44.8 Å². The van der Waals surface area contributed by atoms with Crippen molar-refractivity contribution in [1.82, 2.24) is 5.32 Å². The van der Waals surface area contributed by atoms with Gasteiger partial charge in [0.05, 0.1) is 10.2 Å². The van der Waals surface area contributed by atoms with Crippen molar-refractivity contribution >= 4 is 51.4 Å².